The van der Waals surface area contributed by atoms with Gasteiger partial charge in [0.2, 0.25) is 5.91 Å². The number of rotatable bonds is 7. The van der Waals surface area contributed by atoms with Crippen LogP contribution in [0.5, 0.6) is 5.75 Å². The lowest BCUT2D eigenvalue weighted by molar-refractivity contribution is -0.114. The monoisotopic (exact) mass is 366 g/mol. The minimum atomic E-state index is -0.215. The first-order valence-corrected chi connectivity index (χ1v) is 8.42. The summed E-state index contributed by atoms with van der Waals surface area (Å²) in [4.78, 5) is 12.0. The van der Waals surface area contributed by atoms with E-state index < -0.39 is 0 Å². The zero-order valence-electron chi connectivity index (χ0n) is 13.6. The molecule has 6 heteroatoms. The molecule has 24 heavy (non-hydrogen) atoms. The molecular formula is C18H20Cl2N2O2. The van der Waals surface area contributed by atoms with Crippen LogP contribution in [-0.2, 0) is 4.79 Å². The summed E-state index contributed by atoms with van der Waals surface area (Å²) < 4.78 is 5.67. The van der Waals surface area contributed by atoms with Crippen molar-refractivity contribution in [1.29, 1.82) is 0 Å². The van der Waals surface area contributed by atoms with Crippen LogP contribution in [-0.4, -0.2) is 19.1 Å². The average Bonchev–Trinajstić information content (AvgIpc) is 2.56. The summed E-state index contributed by atoms with van der Waals surface area (Å²) in [6.45, 7) is 4.94. The van der Waals surface area contributed by atoms with Crippen molar-refractivity contribution < 1.29 is 9.53 Å². The average molecular weight is 367 g/mol. The van der Waals surface area contributed by atoms with E-state index in [1.54, 1.807) is 18.2 Å². The molecule has 0 radical (unpaired) electrons. The molecule has 0 fully saturated rings. The van der Waals surface area contributed by atoms with Gasteiger partial charge in [0.1, 0.15) is 5.75 Å². The van der Waals surface area contributed by atoms with E-state index in [0.29, 0.717) is 28.3 Å². The molecule has 128 valence electrons. The molecule has 2 aromatic rings. The van der Waals surface area contributed by atoms with Gasteiger partial charge in [0.15, 0.2) is 0 Å². The highest BCUT2D eigenvalue weighted by molar-refractivity contribution is 6.44. The number of carbonyl (C=O) groups is 1. The van der Waals surface area contributed by atoms with Gasteiger partial charge in [0.25, 0.3) is 0 Å². The van der Waals surface area contributed by atoms with Crippen LogP contribution in [0.4, 0.5) is 11.4 Å². The number of anilines is 2. The largest absolute Gasteiger partial charge is 0.493 e. The lowest BCUT2D eigenvalue weighted by Crippen LogP contribution is -2.21. The van der Waals surface area contributed by atoms with Gasteiger partial charge < -0.3 is 15.4 Å². The molecule has 0 aromatic heterocycles. The van der Waals surface area contributed by atoms with Crippen molar-refractivity contribution in [3.63, 3.8) is 0 Å². The van der Waals surface area contributed by atoms with Gasteiger partial charge in [0, 0.05) is 11.8 Å². The molecule has 0 aliphatic carbocycles. The summed E-state index contributed by atoms with van der Waals surface area (Å²) in [5, 5.41) is 6.52. The van der Waals surface area contributed by atoms with Crippen LogP contribution in [0.15, 0.2) is 42.5 Å². The van der Waals surface area contributed by atoms with Crippen molar-refractivity contribution in [3.05, 3.63) is 52.5 Å². The fraction of sp³-hybridized carbons (Fsp3) is 0.278. The zero-order chi connectivity index (χ0) is 17.5. The number of nitrogens with one attached hydrogen (secondary N) is 2. The first kappa shape index (κ1) is 18.4. The Bertz CT molecular complexity index is 705. The number of hydrogen-bond acceptors (Lipinski definition) is 3. The van der Waals surface area contributed by atoms with Gasteiger partial charge in [-0.1, -0.05) is 49.2 Å². The summed E-state index contributed by atoms with van der Waals surface area (Å²) in [7, 11) is 0. The first-order valence-electron chi connectivity index (χ1n) is 7.66. The van der Waals surface area contributed by atoms with Crippen LogP contribution in [0.3, 0.4) is 0 Å². The third kappa shape index (κ3) is 5.62. The minimum Gasteiger partial charge on any atom is -0.493 e. The Morgan fingerprint density at radius 2 is 1.92 bits per heavy atom. The SMILES string of the molecule is CC(C)COc1cccc(NCC(=O)Nc2cccc(Cl)c2Cl)c1. The number of ether oxygens (including phenoxy) is 1. The highest BCUT2D eigenvalue weighted by atomic mass is 35.5. The Kier molecular flexibility index (Phi) is 6.76. The molecule has 0 unspecified atom stereocenters. The summed E-state index contributed by atoms with van der Waals surface area (Å²) in [5.74, 6) is 1.01. The van der Waals surface area contributed by atoms with E-state index in [1.807, 2.05) is 24.3 Å². The third-order valence-corrected chi connectivity index (χ3v) is 3.92. The van der Waals surface area contributed by atoms with Crippen LogP contribution >= 0.6 is 23.2 Å². The Morgan fingerprint density at radius 3 is 2.67 bits per heavy atom. The van der Waals surface area contributed by atoms with E-state index in [-0.39, 0.29) is 12.5 Å². The maximum atomic E-state index is 12.0. The van der Waals surface area contributed by atoms with Crippen molar-refractivity contribution in [2.75, 3.05) is 23.8 Å². The second-order valence-electron chi connectivity index (χ2n) is 5.74. The molecule has 2 rings (SSSR count). The number of amides is 1. The van der Waals surface area contributed by atoms with E-state index in [2.05, 4.69) is 24.5 Å². The third-order valence-electron chi connectivity index (χ3n) is 3.10. The smallest absolute Gasteiger partial charge is 0.243 e. The quantitative estimate of drug-likeness (QED) is 0.718. The molecule has 0 saturated heterocycles. The maximum Gasteiger partial charge on any atom is 0.243 e. The van der Waals surface area contributed by atoms with Crippen molar-refractivity contribution in [2.24, 2.45) is 5.92 Å². The summed E-state index contributed by atoms with van der Waals surface area (Å²) >= 11 is 12.0. The normalized spacial score (nSPS) is 10.5. The lowest BCUT2D eigenvalue weighted by Gasteiger charge is -2.12. The second kappa shape index (κ2) is 8.81. The van der Waals surface area contributed by atoms with E-state index in [9.17, 15) is 4.79 Å². The van der Waals surface area contributed by atoms with Crippen molar-refractivity contribution in [3.8, 4) is 5.75 Å². The minimum absolute atomic E-state index is 0.108. The molecule has 0 aliphatic heterocycles. The van der Waals surface area contributed by atoms with Gasteiger partial charge in [-0.05, 0) is 30.2 Å². The second-order valence-corrected chi connectivity index (χ2v) is 6.52. The fourth-order valence-electron chi connectivity index (χ4n) is 1.94. The summed E-state index contributed by atoms with van der Waals surface area (Å²) in [5.41, 5.74) is 1.30. The summed E-state index contributed by atoms with van der Waals surface area (Å²) in [6.07, 6.45) is 0. The molecule has 0 aliphatic rings. The van der Waals surface area contributed by atoms with Gasteiger partial charge >= 0.3 is 0 Å². The predicted octanol–water partition coefficient (Wildman–Crippen LogP) is 5.08. The van der Waals surface area contributed by atoms with Crippen molar-refractivity contribution in [2.45, 2.75) is 13.8 Å². The lowest BCUT2D eigenvalue weighted by atomic mass is 10.2. The van der Waals surface area contributed by atoms with Crippen LogP contribution in [0.2, 0.25) is 10.0 Å². The number of carbonyl (C=O) groups excluding carboxylic acids is 1. The van der Waals surface area contributed by atoms with Gasteiger partial charge in [-0.3, -0.25) is 4.79 Å². The molecule has 2 N–H and O–H groups in total. The van der Waals surface area contributed by atoms with E-state index in [1.165, 1.54) is 0 Å². The molecule has 1 amide bonds. The molecule has 2 aromatic carbocycles. The van der Waals surface area contributed by atoms with Crippen LogP contribution in [0.1, 0.15) is 13.8 Å². The number of hydrogen-bond donors (Lipinski definition) is 2. The molecular weight excluding hydrogens is 347 g/mol. The van der Waals surface area contributed by atoms with Crippen LogP contribution in [0.25, 0.3) is 0 Å². The molecule has 0 heterocycles. The fourth-order valence-corrected chi connectivity index (χ4v) is 2.28. The maximum absolute atomic E-state index is 12.0. The number of halogens is 2. The van der Waals surface area contributed by atoms with Gasteiger partial charge in [-0.2, -0.15) is 0 Å². The topological polar surface area (TPSA) is 50.4 Å². The molecule has 0 atom stereocenters. The predicted molar refractivity (Wildman–Crippen MR) is 100 cm³/mol. The number of benzene rings is 2. The van der Waals surface area contributed by atoms with Gasteiger partial charge in [0.05, 0.1) is 28.9 Å². The van der Waals surface area contributed by atoms with E-state index in [4.69, 9.17) is 27.9 Å². The highest BCUT2D eigenvalue weighted by Crippen LogP contribution is 2.29. The van der Waals surface area contributed by atoms with Gasteiger partial charge in [-0.25, -0.2) is 0 Å². The zero-order valence-corrected chi connectivity index (χ0v) is 15.1. The highest BCUT2D eigenvalue weighted by Gasteiger charge is 2.08. The van der Waals surface area contributed by atoms with E-state index in [0.717, 1.165) is 11.4 Å². The standard InChI is InChI=1S/C18H20Cl2N2O2/c1-12(2)11-24-14-6-3-5-13(9-14)21-10-17(23)22-16-8-4-7-15(19)18(16)20/h3-9,12,21H,10-11H2,1-2H3,(H,22,23). The molecule has 0 bridgehead atoms. The molecule has 4 nitrogen and oxygen atoms in total. The van der Waals surface area contributed by atoms with Crippen molar-refractivity contribution in [1.82, 2.24) is 0 Å². The summed E-state index contributed by atoms with van der Waals surface area (Å²) in [6, 6.07) is 12.6. The van der Waals surface area contributed by atoms with E-state index >= 15 is 0 Å². The van der Waals surface area contributed by atoms with Crippen LogP contribution in [0, 0.1) is 5.92 Å². The Morgan fingerprint density at radius 1 is 1.17 bits per heavy atom. The van der Waals surface area contributed by atoms with Crippen molar-refractivity contribution >= 4 is 40.5 Å². The molecule has 0 saturated carbocycles. The Labute approximate surface area is 152 Å². The first-order chi connectivity index (χ1) is 11.5. The Hall–Kier alpha value is -1.91. The molecule has 0 spiro atoms. The van der Waals surface area contributed by atoms with Crippen LogP contribution < -0.4 is 15.4 Å². The van der Waals surface area contributed by atoms with Gasteiger partial charge in [-0.15, -0.1) is 0 Å². The Balaban J connectivity index is 1.89.